The first kappa shape index (κ1) is 22.0. The maximum Gasteiger partial charge on any atom is 0.249 e. The number of hydrogen-bond acceptors (Lipinski definition) is 5. The maximum absolute atomic E-state index is 13.8. The molecule has 5 atom stereocenters. The molecule has 4 aliphatic rings. The summed E-state index contributed by atoms with van der Waals surface area (Å²) in [6.07, 6.45) is 8.51. The van der Waals surface area contributed by atoms with Crippen molar-refractivity contribution in [1.82, 2.24) is 14.7 Å². The molecule has 1 N–H and O–H groups in total. The smallest absolute Gasteiger partial charge is 0.249 e. The van der Waals surface area contributed by atoms with E-state index in [1.165, 1.54) is 0 Å². The van der Waals surface area contributed by atoms with E-state index in [4.69, 9.17) is 4.74 Å². The average Bonchev–Trinajstić information content (AvgIpc) is 3.02. The van der Waals surface area contributed by atoms with Crippen molar-refractivity contribution >= 4 is 17.7 Å². The van der Waals surface area contributed by atoms with Crippen LogP contribution in [-0.4, -0.2) is 94.1 Å². The molecule has 0 aliphatic carbocycles. The van der Waals surface area contributed by atoms with Gasteiger partial charge in [-0.05, 0) is 26.7 Å². The largest absolute Gasteiger partial charge is 0.396 e. The zero-order valence-corrected chi connectivity index (χ0v) is 18.8. The van der Waals surface area contributed by atoms with Gasteiger partial charge in [0.25, 0.3) is 0 Å². The summed E-state index contributed by atoms with van der Waals surface area (Å²) in [5.74, 6) is -2.00. The summed E-state index contributed by atoms with van der Waals surface area (Å²) in [6, 6.07) is -0.889. The molecule has 170 valence electrons. The fraction of sp³-hybridized carbons (Fsp3) is 0.696. The summed E-state index contributed by atoms with van der Waals surface area (Å²) in [4.78, 5) is 46.0. The number of ether oxygens (including phenoxy) is 1. The standard InChI is InChI=1S/C23H33N3O5/c1-5-22-9-6-11-24(4)19(28)16(22)17-20(29)26(13-8-14-27)18-21(30)25(15(2)3)12-7-10-23(17,18)31-22/h6-7,9-10,15-18,27H,5,8,11-14H2,1-4H3/t16-,17+,18?,22+,23+/m1/s1. The van der Waals surface area contributed by atoms with E-state index >= 15 is 0 Å². The van der Waals surface area contributed by atoms with Gasteiger partial charge in [-0.25, -0.2) is 0 Å². The lowest BCUT2D eigenvalue weighted by Crippen LogP contribution is -2.57. The lowest BCUT2D eigenvalue weighted by molar-refractivity contribution is -0.154. The average molecular weight is 432 g/mol. The molecule has 0 aromatic carbocycles. The maximum atomic E-state index is 13.8. The van der Waals surface area contributed by atoms with Crippen LogP contribution in [0.15, 0.2) is 24.3 Å². The third kappa shape index (κ3) is 2.98. The summed E-state index contributed by atoms with van der Waals surface area (Å²) >= 11 is 0. The Balaban J connectivity index is 1.90. The van der Waals surface area contributed by atoms with Gasteiger partial charge in [0.15, 0.2) is 0 Å². The predicted molar refractivity (Wildman–Crippen MR) is 114 cm³/mol. The van der Waals surface area contributed by atoms with E-state index < -0.39 is 29.1 Å². The quantitative estimate of drug-likeness (QED) is 0.643. The van der Waals surface area contributed by atoms with E-state index in [9.17, 15) is 19.5 Å². The fourth-order valence-corrected chi connectivity index (χ4v) is 5.84. The number of fused-ring (bicyclic) bond motifs is 2. The Morgan fingerprint density at radius 3 is 2.45 bits per heavy atom. The van der Waals surface area contributed by atoms with Crippen LogP contribution in [0.4, 0.5) is 0 Å². The van der Waals surface area contributed by atoms with Gasteiger partial charge in [-0.3, -0.25) is 14.4 Å². The van der Waals surface area contributed by atoms with Crippen molar-refractivity contribution in [1.29, 1.82) is 0 Å². The molecule has 0 radical (unpaired) electrons. The van der Waals surface area contributed by atoms with Crippen molar-refractivity contribution in [2.45, 2.75) is 56.9 Å². The number of nitrogens with zero attached hydrogens (tertiary/aromatic N) is 3. The van der Waals surface area contributed by atoms with Crippen LogP contribution in [0.1, 0.15) is 33.6 Å². The molecular weight excluding hydrogens is 398 g/mol. The fourth-order valence-electron chi connectivity index (χ4n) is 5.84. The van der Waals surface area contributed by atoms with Gasteiger partial charge in [0.2, 0.25) is 17.7 Å². The lowest BCUT2D eigenvalue weighted by Gasteiger charge is -2.39. The second-order valence-electron chi connectivity index (χ2n) is 9.34. The first-order valence-electron chi connectivity index (χ1n) is 11.3. The monoisotopic (exact) mass is 431 g/mol. The molecule has 0 aromatic heterocycles. The Kier molecular flexibility index (Phi) is 5.50. The van der Waals surface area contributed by atoms with Crippen molar-refractivity contribution in [3.8, 4) is 0 Å². The molecule has 1 spiro atoms. The number of carbonyl (C=O) groups is 3. The van der Waals surface area contributed by atoms with E-state index in [-0.39, 0.29) is 36.9 Å². The van der Waals surface area contributed by atoms with E-state index in [0.717, 1.165) is 0 Å². The van der Waals surface area contributed by atoms with Crippen molar-refractivity contribution in [2.75, 3.05) is 33.3 Å². The van der Waals surface area contributed by atoms with Crippen molar-refractivity contribution in [3.05, 3.63) is 24.3 Å². The second kappa shape index (κ2) is 7.74. The van der Waals surface area contributed by atoms with Gasteiger partial charge >= 0.3 is 0 Å². The van der Waals surface area contributed by atoms with Crippen molar-refractivity contribution in [3.63, 3.8) is 0 Å². The lowest BCUT2D eigenvalue weighted by atomic mass is 9.73. The topological polar surface area (TPSA) is 90.4 Å². The number of hydrogen-bond donors (Lipinski definition) is 1. The summed E-state index contributed by atoms with van der Waals surface area (Å²) < 4.78 is 6.78. The second-order valence-corrected chi connectivity index (χ2v) is 9.34. The molecule has 1 unspecified atom stereocenters. The van der Waals surface area contributed by atoms with Crippen LogP contribution >= 0.6 is 0 Å². The number of aliphatic hydroxyl groups is 1. The van der Waals surface area contributed by atoms with Gasteiger partial charge in [-0.2, -0.15) is 0 Å². The van der Waals surface area contributed by atoms with Crippen LogP contribution in [-0.2, 0) is 19.1 Å². The van der Waals surface area contributed by atoms with Gasteiger partial charge < -0.3 is 24.5 Å². The van der Waals surface area contributed by atoms with Crippen LogP contribution in [0.3, 0.4) is 0 Å². The molecular formula is C23H33N3O5. The van der Waals surface area contributed by atoms with Gasteiger partial charge in [-0.1, -0.05) is 31.2 Å². The highest BCUT2D eigenvalue weighted by Gasteiger charge is 2.75. The normalized spacial score (nSPS) is 37.3. The SMILES string of the molecule is CC[C@]12C=CCN(C)C(=O)[C@H]1[C@H]1C(=O)N(CCCO)C3C(=O)N(C(C)C)CC=C[C@@]31O2. The molecule has 4 aliphatic heterocycles. The Hall–Kier alpha value is -2.19. The number of carbonyl (C=O) groups excluding carboxylic acids is 3. The molecule has 2 fully saturated rings. The Morgan fingerprint density at radius 2 is 1.81 bits per heavy atom. The number of aliphatic hydroxyl groups excluding tert-OH is 1. The van der Waals surface area contributed by atoms with E-state index in [1.54, 1.807) is 21.7 Å². The van der Waals surface area contributed by atoms with E-state index in [2.05, 4.69) is 0 Å². The third-order valence-corrected chi connectivity index (χ3v) is 7.35. The molecule has 31 heavy (non-hydrogen) atoms. The van der Waals surface area contributed by atoms with Crippen LogP contribution in [0, 0.1) is 11.8 Å². The van der Waals surface area contributed by atoms with Crippen molar-refractivity contribution < 1.29 is 24.2 Å². The molecule has 0 aromatic rings. The summed E-state index contributed by atoms with van der Waals surface area (Å²) in [6.45, 7) is 6.91. The van der Waals surface area contributed by atoms with Gasteiger partial charge in [-0.15, -0.1) is 0 Å². The highest BCUT2D eigenvalue weighted by Crippen LogP contribution is 2.58. The molecule has 4 rings (SSSR count). The minimum atomic E-state index is -1.20. The van der Waals surface area contributed by atoms with Crippen molar-refractivity contribution in [2.24, 2.45) is 11.8 Å². The number of rotatable bonds is 5. The molecule has 2 saturated heterocycles. The van der Waals surface area contributed by atoms with E-state index in [1.807, 2.05) is 45.1 Å². The summed E-state index contributed by atoms with van der Waals surface area (Å²) in [5, 5.41) is 9.40. The minimum absolute atomic E-state index is 0.0409. The molecule has 3 amide bonds. The Bertz CT molecular complexity index is 839. The molecule has 0 saturated carbocycles. The Labute approximate surface area is 183 Å². The molecule has 8 heteroatoms. The van der Waals surface area contributed by atoms with Crippen LogP contribution in [0.25, 0.3) is 0 Å². The molecule has 8 nitrogen and oxygen atoms in total. The van der Waals surface area contributed by atoms with Crippen LogP contribution in [0.5, 0.6) is 0 Å². The van der Waals surface area contributed by atoms with Gasteiger partial charge in [0.1, 0.15) is 11.6 Å². The minimum Gasteiger partial charge on any atom is -0.396 e. The van der Waals surface area contributed by atoms with Crippen LogP contribution in [0.2, 0.25) is 0 Å². The summed E-state index contributed by atoms with van der Waals surface area (Å²) in [7, 11) is 1.73. The molecule has 0 bridgehead atoms. The third-order valence-electron chi connectivity index (χ3n) is 7.35. The van der Waals surface area contributed by atoms with Gasteiger partial charge in [0.05, 0.1) is 17.4 Å². The van der Waals surface area contributed by atoms with E-state index in [0.29, 0.717) is 25.9 Å². The predicted octanol–water partition coefficient (Wildman–Crippen LogP) is 0.565. The number of likely N-dealkylation sites (N-methyl/N-ethyl adjacent to an activating group) is 1. The van der Waals surface area contributed by atoms with Crippen LogP contribution < -0.4 is 0 Å². The van der Waals surface area contributed by atoms with Gasteiger partial charge in [0, 0.05) is 39.3 Å². The first-order valence-corrected chi connectivity index (χ1v) is 11.3. The first-order chi connectivity index (χ1) is 14.7. The number of likely N-dealkylation sites (tertiary alicyclic amines) is 1. The highest BCUT2D eigenvalue weighted by atomic mass is 16.5. The zero-order chi connectivity index (χ0) is 22.6. The molecule has 4 heterocycles. The zero-order valence-electron chi connectivity index (χ0n) is 18.8. The highest BCUT2D eigenvalue weighted by molar-refractivity contribution is 6.00. The summed E-state index contributed by atoms with van der Waals surface area (Å²) in [5.41, 5.74) is -2.13. The Morgan fingerprint density at radius 1 is 1.10 bits per heavy atom. The number of amides is 3.